The molecule has 0 bridgehead atoms. The van der Waals surface area contributed by atoms with Crippen LogP contribution in [0.3, 0.4) is 0 Å². The molecule has 0 spiro atoms. The van der Waals surface area contributed by atoms with Crippen LogP contribution >= 0.6 is 0 Å². The smallest absolute Gasteiger partial charge is 0.234 e. The van der Waals surface area contributed by atoms with Gasteiger partial charge in [0.25, 0.3) is 0 Å². The Morgan fingerprint density at radius 3 is 2.30 bits per heavy atom. The van der Waals surface area contributed by atoms with Gasteiger partial charge in [0.05, 0.1) is 17.1 Å². The minimum Gasteiger partial charge on any atom is -0.371 e. The third-order valence-corrected chi connectivity index (χ3v) is 9.35. The summed E-state index contributed by atoms with van der Waals surface area (Å²) in [5.41, 5.74) is 16.9. The molecule has 2 amide bonds. The zero-order valence-corrected chi connectivity index (χ0v) is 24.9. The normalized spacial score (nSPS) is 17.7. The summed E-state index contributed by atoms with van der Waals surface area (Å²) in [5, 5.41) is 6.94. The largest absolute Gasteiger partial charge is 0.371 e. The lowest BCUT2D eigenvalue weighted by Gasteiger charge is -2.34. The molecule has 1 unspecified atom stereocenters. The van der Waals surface area contributed by atoms with Crippen LogP contribution in [0.4, 0.5) is 5.69 Å². The molecular weight excluding hydrogens is 548 g/mol. The summed E-state index contributed by atoms with van der Waals surface area (Å²) in [6.45, 7) is 4.60. The van der Waals surface area contributed by atoms with Crippen molar-refractivity contribution < 1.29 is 9.59 Å². The van der Waals surface area contributed by atoms with Gasteiger partial charge in [-0.1, -0.05) is 48.5 Å². The highest BCUT2D eigenvalue weighted by atomic mass is 16.2. The van der Waals surface area contributed by atoms with Crippen molar-refractivity contribution in [3.05, 3.63) is 108 Å². The number of aromatic nitrogens is 3. The highest BCUT2D eigenvalue weighted by molar-refractivity contribution is 6.00. The summed E-state index contributed by atoms with van der Waals surface area (Å²) in [6, 6.07) is 25.8. The highest BCUT2D eigenvalue weighted by Gasteiger charge is 2.28. The van der Waals surface area contributed by atoms with E-state index in [1.54, 1.807) is 6.33 Å². The Hall–Kier alpha value is -4.82. The van der Waals surface area contributed by atoms with Gasteiger partial charge in [-0.15, -0.1) is 0 Å². The van der Waals surface area contributed by atoms with Crippen molar-refractivity contribution in [2.75, 3.05) is 18.0 Å². The van der Waals surface area contributed by atoms with E-state index in [1.165, 1.54) is 11.3 Å². The molecule has 5 aromatic rings. The van der Waals surface area contributed by atoms with E-state index in [1.807, 2.05) is 4.52 Å². The van der Waals surface area contributed by atoms with Crippen LogP contribution in [0.25, 0.3) is 27.9 Å². The van der Waals surface area contributed by atoms with Crippen LogP contribution in [0.5, 0.6) is 0 Å². The number of anilines is 1. The molecule has 1 atom stereocenters. The lowest BCUT2D eigenvalue weighted by atomic mass is 9.86. The topological polar surface area (TPSA) is 106 Å². The molecule has 3 aromatic carbocycles. The molecule has 2 aromatic heterocycles. The molecular formula is C36H36N6O2. The van der Waals surface area contributed by atoms with E-state index in [0.29, 0.717) is 25.3 Å². The summed E-state index contributed by atoms with van der Waals surface area (Å²) in [5.74, 6) is -0.0841. The van der Waals surface area contributed by atoms with Crippen molar-refractivity contribution in [1.29, 1.82) is 0 Å². The fourth-order valence-corrected chi connectivity index (χ4v) is 6.73. The average Bonchev–Trinajstić information content (AvgIpc) is 3.50. The lowest BCUT2D eigenvalue weighted by molar-refractivity contribution is -0.134. The first-order chi connectivity index (χ1) is 21.5. The van der Waals surface area contributed by atoms with Gasteiger partial charge in [-0.3, -0.25) is 14.9 Å². The number of carbonyl (C=O) groups is 2. The van der Waals surface area contributed by atoms with Crippen LogP contribution in [0.1, 0.15) is 59.8 Å². The molecule has 0 aliphatic carbocycles. The maximum Gasteiger partial charge on any atom is 0.234 e. The first-order valence-corrected chi connectivity index (χ1v) is 15.4. The number of nitrogens with zero attached hydrogens (tertiary/aromatic N) is 4. The number of amides is 2. The second-order valence-corrected chi connectivity index (χ2v) is 12.0. The number of carbonyl (C=O) groups excluding carboxylic acids is 2. The summed E-state index contributed by atoms with van der Waals surface area (Å²) in [7, 11) is 0. The van der Waals surface area contributed by atoms with E-state index in [2.05, 4.69) is 106 Å². The monoisotopic (exact) mass is 584 g/mol. The first kappa shape index (κ1) is 28.0. The van der Waals surface area contributed by atoms with Gasteiger partial charge in [0, 0.05) is 49.1 Å². The summed E-state index contributed by atoms with van der Waals surface area (Å²) in [4.78, 5) is 30.8. The molecule has 4 heterocycles. The second-order valence-electron chi connectivity index (χ2n) is 12.0. The highest BCUT2D eigenvalue weighted by Crippen LogP contribution is 2.34. The van der Waals surface area contributed by atoms with Crippen molar-refractivity contribution >= 4 is 23.0 Å². The number of imide groups is 1. The Balaban J connectivity index is 1.02. The van der Waals surface area contributed by atoms with Gasteiger partial charge in [-0.05, 0) is 84.2 Å². The summed E-state index contributed by atoms with van der Waals surface area (Å²) >= 11 is 0. The van der Waals surface area contributed by atoms with E-state index in [9.17, 15) is 9.59 Å². The Bertz CT molecular complexity index is 1840. The molecule has 3 N–H and O–H groups in total. The second kappa shape index (κ2) is 11.7. The number of fused-ring (bicyclic) bond motifs is 1. The molecule has 2 fully saturated rings. The standard InChI is InChI=1S/C36H36N6O2/c1-23-18-28(6-7-29(23)20-37)35-33-19-30(21-42(33)39-22-38-35)25-8-10-31(11-9-25)41-16-14-26(15-17-41)24-2-4-27(5-3-24)32-12-13-34(43)40-36(32)44/h2-11,18-19,21-22,26,32H,12-17,20,37H2,1H3,(H,40,43,44). The van der Waals surface area contributed by atoms with Crippen LogP contribution in [0.2, 0.25) is 0 Å². The number of benzene rings is 3. The lowest BCUT2D eigenvalue weighted by Crippen LogP contribution is -2.39. The Labute approximate surface area is 256 Å². The van der Waals surface area contributed by atoms with Crippen molar-refractivity contribution in [2.24, 2.45) is 5.73 Å². The third kappa shape index (κ3) is 5.37. The molecule has 0 saturated carbocycles. The van der Waals surface area contributed by atoms with Gasteiger partial charge < -0.3 is 10.6 Å². The fourth-order valence-electron chi connectivity index (χ4n) is 6.73. The minimum absolute atomic E-state index is 0.174. The van der Waals surface area contributed by atoms with E-state index < -0.39 is 0 Å². The van der Waals surface area contributed by atoms with Gasteiger partial charge >= 0.3 is 0 Å². The number of hydrogen-bond donors (Lipinski definition) is 2. The number of nitrogens with two attached hydrogens (primary N) is 1. The Morgan fingerprint density at radius 1 is 0.864 bits per heavy atom. The van der Waals surface area contributed by atoms with Crippen LogP contribution in [-0.4, -0.2) is 39.5 Å². The molecule has 7 rings (SSSR count). The first-order valence-electron chi connectivity index (χ1n) is 15.4. The van der Waals surface area contributed by atoms with Gasteiger partial charge in [0.2, 0.25) is 11.8 Å². The van der Waals surface area contributed by atoms with E-state index >= 15 is 0 Å². The molecule has 2 aliphatic heterocycles. The number of aryl methyl sites for hydroxylation is 1. The SMILES string of the molecule is Cc1cc(-c2ncnn3cc(-c4ccc(N5CCC(c6ccc(C7CCC(=O)NC7=O)cc6)CC5)cc4)cc23)ccc1CN. The van der Waals surface area contributed by atoms with Gasteiger partial charge in [0.1, 0.15) is 6.33 Å². The van der Waals surface area contributed by atoms with Crippen LogP contribution in [-0.2, 0) is 16.1 Å². The van der Waals surface area contributed by atoms with Gasteiger partial charge in [-0.2, -0.15) is 5.10 Å². The zero-order valence-electron chi connectivity index (χ0n) is 24.9. The van der Waals surface area contributed by atoms with Crippen LogP contribution in [0, 0.1) is 6.92 Å². The minimum atomic E-state index is -0.231. The van der Waals surface area contributed by atoms with Crippen LogP contribution < -0.4 is 16.0 Å². The quantitative estimate of drug-likeness (QED) is 0.247. The maximum absolute atomic E-state index is 12.3. The van der Waals surface area contributed by atoms with Gasteiger partial charge in [0.15, 0.2) is 0 Å². The number of nitrogens with one attached hydrogen (secondary N) is 1. The van der Waals surface area contributed by atoms with E-state index in [4.69, 9.17) is 5.73 Å². The van der Waals surface area contributed by atoms with E-state index in [0.717, 1.165) is 70.5 Å². The van der Waals surface area contributed by atoms with Crippen molar-refractivity contribution in [2.45, 2.75) is 51.0 Å². The van der Waals surface area contributed by atoms with Crippen molar-refractivity contribution in [1.82, 2.24) is 19.9 Å². The molecule has 2 saturated heterocycles. The molecule has 2 aliphatic rings. The number of rotatable bonds is 6. The number of piperidine rings is 2. The Morgan fingerprint density at radius 2 is 1.59 bits per heavy atom. The fraction of sp³-hybridized carbons (Fsp3) is 0.278. The van der Waals surface area contributed by atoms with Crippen molar-refractivity contribution in [3.63, 3.8) is 0 Å². The Kier molecular flexibility index (Phi) is 7.44. The predicted molar refractivity (Wildman–Crippen MR) is 172 cm³/mol. The summed E-state index contributed by atoms with van der Waals surface area (Å²) in [6.07, 6.45) is 6.82. The number of hydrogen-bond acceptors (Lipinski definition) is 6. The van der Waals surface area contributed by atoms with Gasteiger partial charge in [-0.25, -0.2) is 9.50 Å². The predicted octanol–water partition coefficient (Wildman–Crippen LogP) is 5.73. The molecule has 0 radical (unpaired) electrons. The maximum atomic E-state index is 12.3. The zero-order chi connectivity index (χ0) is 30.2. The van der Waals surface area contributed by atoms with E-state index in [-0.39, 0.29) is 17.7 Å². The van der Waals surface area contributed by atoms with Crippen LogP contribution in [0.15, 0.2) is 85.3 Å². The average molecular weight is 585 g/mol. The third-order valence-electron chi connectivity index (χ3n) is 9.35. The summed E-state index contributed by atoms with van der Waals surface area (Å²) < 4.78 is 1.90. The molecule has 222 valence electrons. The molecule has 8 heteroatoms. The molecule has 44 heavy (non-hydrogen) atoms. The molecule has 8 nitrogen and oxygen atoms in total. The van der Waals surface area contributed by atoms with Crippen molar-refractivity contribution in [3.8, 4) is 22.4 Å².